The third-order valence-corrected chi connectivity index (χ3v) is 3.99. The third kappa shape index (κ3) is 2.85. The van der Waals surface area contributed by atoms with Crippen molar-refractivity contribution >= 4 is 5.69 Å². The second kappa shape index (κ2) is 5.72. The van der Waals surface area contributed by atoms with Crippen LogP contribution in [0.15, 0.2) is 18.2 Å². The van der Waals surface area contributed by atoms with Crippen LogP contribution in [0, 0.1) is 6.92 Å². The highest BCUT2D eigenvalue weighted by molar-refractivity contribution is 5.55. The normalized spacial score (nSPS) is 21.0. The van der Waals surface area contributed by atoms with Gasteiger partial charge >= 0.3 is 0 Å². The number of likely N-dealkylation sites (N-methyl/N-ethyl adjacent to an activating group) is 2. The Hall–Kier alpha value is -1.06. The molecule has 1 fully saturated rings. The Balaban J connectivity index is 2.21. The molecule has 1 unspecified atom stereocenters. The van der Waals surface area contributed by atoms with Crippen LogP contribution < -0.4 is 10.6 Å². The topological polar surface area (TPSA) is 32.5 Å². The number of aryl methyl sites for hydroxylation is 1. The van der Waals surface area contributed by atoms with Gasteiger partial charge in [-0.25, -0.2) is 0 Å². The van der Waals surface area contributed by atoms with E-state index in [0.29, 0.717) is 12.6 Å². The molecule has 1 aliphatic rings. The summed E-state index contributed by atoms with van der Waals surface area (Å²) in [6, 6.07) is 7.17. The highest BCUT2D eigenvalue weighted by Gasteiger charge is 2.22. The average molecular weight is 247 g/mol. The van der Waals surface area contributed by atoms with E-state index in [1.165, 1.54) is 36.2 Å². The summed E-state index contributed by atoms with van der Waals surface area (Å²) < 4.78 is 0. The van der Waals surface area contributed by atoms with Gasteiger partial charge in [-0.2, -0.15) is 0 Å². The maximum absolute atomic E-state index is 5.86. The van der Waals surface area contributed by atoms with E-state index < -0.39 is 0 Å². The lowest BCUT2D eigenvalue weighted by Gasteiger charge is -2.38. The van der Waals surface area contributed by atoms with Gasteiger partial charge in [-0.05, 0) is 50.6 Å². The molecular formula is C15H25N3. The van der Waals surface area contributed by atoms with Crippen molar-refractivity contribution in [2.24, 2.45) is 5.73 Å². The number of piperidine rings is 1. The van der Waals surface area contributed by atoms with Gasteiger partial charge in [-0.1, -0.05) is 12.1 Å². The molecule has 0 spiro atoms. The third-order valence-electron chi connectivity index (χ3n) is 3.99. The molecule has 1 aromatic carbocycles. The summed E-state index contributed by atoms with van der Waals surface area (Å²) in [7, 11) is 4.41. The van der Waals surface area contributed by atoms with Gasteiger partial charge in [0.15, 0.2) is 0 Å². The molecule has 2 N–H and O–H groups in total. The number of likely N-dealkylation sites (tertiary alicyclic amines) is 1. The van der Waals surface area contributed by atoms with Gasteiger partial charge in [0.1, 0.15) is 0 Å². The lowest BCUT2D eigenvalue weighted by atomic mass is 10.0. The maximum atomic E-state index is 5.86. The molecule has 1 heterocycles. The van der Waals surface area contributed by atoms with Crippen molar-refractivity contribution in [1.29, 1.82) is 0 Å². The molecule has 0 aliphatic carbocycles. The van der Waals surface area contributed by atoms with Crippen LogP contribution in [-0.2, 0) is 6.54 Å². The van der Waals surface area contributed by atoms with E-state index in [0.717, 1.165) is 6.54 Å². The van der Waals surface area contributed by atoms with Crippen LogP contribution in [0.2, 0.25) is 0 Å². The Kier molecular flexibility index (Phi) is 4.25. The second-order valence-electron chi connectivity index (χ2n) is 5.51. The van der Waals surface area contributed by atoms with Crippen molar-refractivity contribution in [2.45, 2.75) is 32.4 Å². The molecule has 100 valence electrons. The van der Waals surface area contributed by atoms with E-state index in [2.05, 4.69) is 49.0 Å². The largest absolute Gasteiger partial charge is 0.370 e. The van der Waals surface area contributed by atoms with E-state index in [1.54, 1.807) is 0 Å². The Morgan fingerprint density at radius 3 is 2.89 bits per heavy atom. The first kappa shape index (κ1) is 13.4. The predicted octanol–water partition coefficient (Wildman–Crippen LogP) is 1.98. The number of nitrogens with zero attached hydrogens (tertiary/aromatic N) is 2. The van der Waals surface area contributed by atoms with Gasteiger partial charge in [-0.3, -0.25) is 0 Å². The van der Waals surface area contributed by atoms with Crippen molar-refractivity contribution < 1.29 is 0 Å². The molecule has 1 atom stereocenters. The zero-order valence-corrected chi connectivity index (χ0v) is 11.8. The standard InChI is InChI=1S/C15H25N3/c1-12-6-7-13(10-16)15(9-12)18(3)14-5-4-8-17(2)11-14/h6-7,9,14H,4-5,8,10-11,16H2,1-3H3. The number of nitrogens with two attached hydrogens (primary N) is 1. The molecule has 2 rings (SSSR count). The second-order valence-corrected chi connectivity index (χ2v) is 5.51. The fourth-order valence-corrected chi connectivity index (χ4v) is 2.83. The minimum Gasteiger partial charge on any atom is -0.370 e. The molecule has 0 radical (unpaired) electrons. The zero-order valence-electron chi connectivity index (χ0n) is 11.8. The minimum atomic E-state index is 0.607. The van der Waals surface area contributed by atoms with Crippen molar-refractivity contribution in [3.63, 3.8) is 0 Å². The van der Waals surface area contributed by atoms with Gasteiger partial charge in [0.25, 0.3) is 0 Å². The van der Waals surface area contributed by atoms with Crippen LogP contribution >= 0.6 is 0 Å². The van der Waals surface area contributed by atoms with Crippen LogP contribution in [0.4, 0.5) is 5.69 Å². The molecule has 1 saturated heterocycles. The first-order chi connectivity index (χ1) is 8.61. The van der Waals surface area contributed by atoms with E-state index in [9.17, 15) is 0 Å². The van der Waals surface area contributed by atoms with Gasteiger partial charge in [0.2, 0.25) is 0 Å². The Labute approximate surface area is 111 Å². The maximum Gasteiger partial charge on any atom is 0.0414 e. The summed E-state index contributed by atoms with van der Waals surface area (Å²) in [6.45, 7) is 5.13. The molecule has 1 aromatic rings. The SMILES string of the molecule is Cc1ccc(CN)c(N(C)C2CCCN(C)C2)c1. The lowest BCUT2D eigenvalue weighted by Crippen LogP contribution is -2.45. The van der Waals surface area contributed by atoms with Crippen LogP contribution in [0.1, 0.15) is 24.0 Å². The number of anilines is 1. The van der Waals surface area contributed by atoms with E-state index in [4.69, 9.17) is 5.73 Å². The van der Waals surface area contributed by atoms with Crippen LogP contribution in [0.5, 0.6) is 0 Å². The average Bonchev–Trinajstić information content (AvgIpc) is 2.38. The molecule has 0 aromatic heterocycles. The molecular weight excluding hydrogens is 222 g/mol. The van der Waals surface area contributed by atoms with Crippen LogP contribution in [-0.4, -0.2) is 38.1 Å². The summed E-state index contributed by atoms with van der Waals surface area (Å²) in [6.07, 6.45) is 2.56. The Morgan fingerprint density at radius 1 is 1.44 bits per heavy atom. The summed E-state index contributed by atoms with van der Waals surface area (Å²) in [5.41, 5.74) is 9.71. The van der Waals surface area contributed by atoms with E-state index in [-0.39, 0.29) is 0 Å². The summed E-state index contributed by atoms with van der Waals surface area (Å²) in [5, 5.41) is 0. The molecule has 1 aliphatic heterocycles. The van der Waals surface area contributed by atoms with Crippen molar-refractivity contribution in [1.82, 2.24) is 4.90 Å². The summed E-state index contributed by atoms with van der Waals surface area (Å²) >= 11 is 0. The highest BCUT2D eigenvalue weighted by Crippen LogP contribution is 2.25. The summed E-state index contributed by atoms with van der Waals surface area (Å²) in [4.78, 5) is 4.84. The molecule has 0 bridgehead atoms. The molecule has 3 heteroatoms. The predicted molar refractivity (Wildman–Crippen MR) is 78.0 cm³/mol. The van der Waals surface area contributed by atoms with Gasteiger partial charge < -0.3 is 15.5 Å². The zero-order chi connectivity index (χ0) is 13.1. The van der Waals surface area contributed by atoms with Crippen molar-refractivity contribution in [2.75, 3.05) is 32.1 Å². The number of benzene rings is 1. The fourth-order valence-electron chi connectivity index (χ4n) is 2.83. The highest BCUT2D eigenvalue weighted by atomic mass is 15.2. The van der Waals surface area contributed by atoms with Crippen molar-refractivity contribution in [3.8, 4) is 0 Å². The summed E-state index contributed by atoms with van der Waals surface area (Å²) in [5.74, 6) is 0. The Morgan fingerprint density at radius 2 is 2.22 bits per heavy atom. The molecule has 0 saturated carbocycles. The fraction of sp³-hybridized carbons (Fsp3) is 0.600. The lowest BCUT2D eigenvalue weighted by molar-refractivity contribution is 0.248. The first-order valence-corrected chi connectivity index (χ1v) is 6.83. The quantitative estimate of drug-likeness (QED) is 0.886. The molecule has 3 nitrogen and oxygen atoms in total. The van der Waals surface area contributed by atoms with E-state index in [1.807, 2.05) is 0 Å². The van der Waals surface area contributed by atoms with Crippen LogP contribution in [0.3, 0.4) is 0 Å². The Bertz CT molecular complexity index is 403. The minimum absolute atomic E-state index is 0.607. The number of hydrogen-bond acceptors (Lipinski definition) is 3. The van der Waals surface area contributed by atoms with Crippen LogP contribution in [0.25, 0.3) is 0 Å². The van der Waals surface area contributed by atoms with Gasteiger partial charge in [-0.15, -0.1) is 0 Å². The number of hydrogen-bond donors (Lipinski definition) is 1. The molecule has 0 amide bonds. The monoisotopic (exact) mass is 247 g/mol. The number of rotatable bonds is 3. The first-order valence-electron chi connectivity index (χ1n) is 6.83. The van der Waals surface area contributed by atoms with Crippen molar-refractivity contribution in [3.05, 3.63) is 29.3 Å². The van der Waals surface area contributed by atoms with Gasteiger partial charge in [0.05, 0.1) is 0 Å². The molecule has 18 heavy (non-hydrogen) atoms. The van der Waals surface area contributed by atoms with Gasteiger partial charge in [0, 0.05) is 31.9 Å². The smallest absolute Gasteiger partial charge is 0.0414 e. The van der Waals surface area contributed by atoms with E-state index >= 15 is 0 Å².